The van der Waals surface area contributed by atoms with Gasteiger partial charge in [-0.05, 0) is 30.7 Å². The largest absolute Gasteiger partial charge is 0.326 e. The lowest BCUT2D eigenvalue weighted by molar-refractivity contribution is 0.551. The molecule has 20 heavy (non-hydrogen) atoms. The molecular formula is C16H18N4. The van der Waals surface area contributed by atoms with Crippen LogP contribution in [-0.4, -0.2) is 20.6 Å². The normalized spacial score (nSPS) is 12.7. The molecule has 1 aromatic carbocycles. The fourth-order valence-electron chi connectivity index (χ4n) is 2.31. The Balaban J connectivity index is 2.17. The van der Waals surface area contributed by atoms with Crippen LogP contribution in [0.5, 0.6) is 0 Å². The summed E-state index contributed by atoms with van der Waals surface area (Å²) in [7, 11) is 0. The van der Waals surface area contributed by atoms with Gasteiger partial charge in [-0.25, -0.2) is 4.98 Å². The van der Waals surface area contributed by atoms with Gasteiger partial charge >= 0.3 is 0 Å². The van der Waals surface area contributed by atoms with Gasteiger partial charge in [0.2, 0.25) is 0 Å². The molecule has 0 aliphatic carbocycles. The van der Waals surface area contributed by atoms with Gasteiger partial charge in [0.15, 0.2) is 5.82 Å². The summed E-state index contributed by atoms with van der Waals surface area (Å²) >= 11 is 0. The molecule has 2 aromatic heterocycles. The maximum absolute atomic E-state index is 6.13. The van der Waals surface area contributed by atoms with Crippen molar-refractivity contribution in [1.82, 2.24) is 14.5 Å². The summed E-state index contributed by atoms with van der Waals surface area (Å²) < 4.78 is 2.17. The zero-order valence-corrected chi connectivity index (χ0v) is 11.5. The first-order valence-corrected chi connectivity index (χ1v) is 6.92. The Hall–Kier alpha value is -2.20. The van der Waals surface area contributed by atoms with Gasteiger partial charge < -0.3 is 10.3 Å². The number of aromatic nitrogens is 3. The van der Waals surface area contributed by atoms with Crippen LogP contribution in [0.2, 0.25) is 0 Å². The van der Waals surface area contributed by atoms with E-state index in [4.69, 9.17) is 10.7 Å². The van der Waals surface area contributed by atoms with Crippen molar-refractivity contribution in [1.29, 1.82) is 0 Å². The van der Waals surface area contributed by atoms with Crippen LogP contribution in [0.3, 0.4) is 0 Å². The zero-order chi connectivity index (χ0) is 13.9. The van der Waals surface area contributed by atoms with Crippen LogP contribution < -0.4 is 5.73 Å². The number of pyridine rings is 1. The first kappa shape index (κ1) is 12.8. The summed E-state index contributed by atoms with van der Waals surface area (Å²) in [6, 6.07) is 14.1. The maximum Gasteiger partial charge on any atom is 0.159 e. The summed E-state index contributed by atoms with van der Waals surface area (Å²) in [6.45, 7) is 2.85. The molecule has 3 aromatic rings. The van der Waals surface area contributed by atoms with Crippen molar-refractivity contribution in [3.05, 3.63) is 48.7 Å². The second-order valence-electron chi connectivity index (χ2n) is 4.92. The minimum atomic E-state index is 0.120. The smallest absolute Gasteiger partial charge is 0.159 e. The van der Waals surface area contributed by atoms with Crippen molar-refractivity contribution in [2.45, 2.75) is 25.9 Å². The van der Waals surface area contributed by atoms with E-state index in [1.54, 1.807) is 6.20 Å². The summed E-state index contributed by atoms with van der Waals surface area (Å²) in [6.07, 6.45) is 2.73. The number of para-hydroxylation sites is 2. The molecule has 4 nitrogen and oxygen atoms in total. The third-order valence-electron chi connectivity index (χ3n) is 3.49. The van der Waals surface area contributed by atoms with Crippen LogP contribution in [-0.2, 0) is 6.54 Å². The quantitative estimate of drug-likeness (QED) is 0.790. The standard InChI is InChI=1S/C16H18N4/c1-2-12(17)11-20-15-9-4-3-7-13(15)19-16(20)14-8-5-6-10-18-14/h3-10,12H,2,11,17H2,1H3. The number of nitrogens with two attached hydrogens (primary N) is 1. The number of benzene rings is 1. The van der Waals surface area contributed by atoms with Crippen molar-refractivity contribution in [3.8, 4) is 11.5 Å². The van der Waals surface area contributed by atoms with Crippen LogP contribution in [0.1, 0.15) is 13.3 Å². The average molecular weight is 266 g/mol. The first-order valence-electron chi connectivity index (χ1n) is 6.92. The molecule has 2 N–H and O–H groups in total. The predicted molar refractivity (Wildman–Crippen MR) is 81.2 cm³/mol. The minimum absolute atomic E-state index is 0.120. The molecule has 0 radical (unpaired) electrons. The number of imidazole rings is 1. The Bertz CT molecular complexity index is 703. The molecule has 0 fully saturated rings. The fourth-order valence-corrected chi connectivity index (χ4v) is 2.31. The van der Waals surface area contributed by atoms with Gasteiger partial charge in [0, 0.05) is 18.8 Å². The lowest BCUT2D eigenvalue weighted by Gasteiger charge is -2.13. The Morgan fingerprint density at radius 1 is 1.15 bits per heavy atom. The molecular weight excluding hydrogens is 248 g/mol. The first-order chi connectivity index (χ1) is 9.79. The van der Waals surface area contributed by atoms with E-state index in [1.165, 1.54) is 0 Å². The monoisotopic (exact) mass is 266 g/mol. The second kappa shape index (κ2) is 5.43. The van der Waals surface area contributed by atoms with E-state index >= 15 is 0 Å². The molecule has 0 aliphatic rings. The highest BCUT2D eigenvalue weighted by atomic mass is 15.1. The second-order valence-corrected chi connectivity index (χ2v) is 4.92. The van der Waals surface area contributed by atoms with E-state index < -0.39 is 0 Å². The van der Waals surface area contributed by atoms with E-state index in [2.05, 4.69) is 22.5 Å². The Morgan fingerprint density at radius 3 is 2.70 bits per heavy atom. The number of fused-ring (bicyclic) bond motifs is 1. The van der Waals surface area contributed by atoms with Gasteiger partial charge in [0.25, 0.3) is 0 Å². The van der Waals surface area contributed by atoms with Crippen LogP contribution >= 0.6 is 0 Å². The van der Waals surface area contributed by atoms with Crippen LogP contribution in [0.15, 0.2) is 48.7 Å². The van der Waals surface area contributed by atoms with Crippen LogP contribution in [0, 0.1) is 0 Å². The Morgan fingerprint density at radius 2 is 1.95 bits per heavy atom. The molecule has 0 aliphatic heterocycles. The molecule has 0 saturated carbocycles. The summed E-state index contributed by atoms with van der Waals surface area (Å²) in [4.78, 5) is 9.13. The van der Waals surface area contributed by atoms with Gasteiger partial charge in [-0.15, -0.1) is 0 Å². The highest BCUT2D eigenvalue weighted by molar-refractivity contribution is 5.79. The zero-order valence-electron chi connectivity index (χ0n) is 11.5. The molecule has 0 bridgehead atoms. The van der Waals surface area contributed by atoms with E-state index in [0.29, 0.717) is 0 Å². The van der Waals surface area contributed by atoms with Gasteiger partial charge in [-0.3, -0.25) is 4.98 Å². The van der Waals surface area contributed by atoms with Gasteiger partial charge in [-0.1, -0.05) is 25.1 Å². The fraction of sp³-hybridized carbons (Fsp3) is 0.250. The predicted octanol–water partition coefficient (Wildman–Crippen LogP) is 2.84. The van der Waals surface area contributed by atoms with E-state index in [-0.39, 0.29) is 6.04 Å². The van der Waals surface area contributed by atoms with Crippen molar-refractivity contribution in [2.75, 3.05) is 0 Å². The highest BCUT2D eigenvalue weighted by Gasteiger charge is 2.14. The third-order valence-corrected chi connectivity index (χ3v) is 3.49. The molecule has 0 saturated heterocycles. The van der Waals surface area contributed by atoms with Crippen LogP contribution in [0.4, 0.5) is 0 Å². The maximum atomic E-state index is 6.13. The molecule has 1 unspecified atom stereocenters. The van der Waals surface area contributed by atoms with Gasteiger partial charge in [0.05, 0.1) is 11.0 Å². The highest BCUT2D eigenvalue weighted by Crippen LogP contribution is 2.23. The number of hydrogen-bond donors (Lipinski definition) is 1. The van der Waals surface area contributed by atoms with Gasteiger partial charge in [-0.2, -0.15) is 0 Å². The summed E-state index contributed by atoms with van der Waals surface area (Å²) in [5.74, 6) is 0.885. The third kappa shape index (κ3) is 2.30. The SMILES string of the molecule is CCC(N)Cn1c(-c2ccccn2)nc2ccccc21. The number of rotatable bonds is 4. The van der Waals surface area contributed by atoms with E-state index in [1.807, 2.05) is 36.4 Å². The number of hydrogen-bond acceptors (Lipinski definition) is 3. The molecule has 0 amide bonds. The number of nitrogens with zero attached hydrogens (tertiary/aromatic N) is 3. The van der Waals surface area contributed by atoms with Crippen molar-refractivity contribution in [2.24, 2.45) is 5.73 Å². The molecule has 3 rings (SSSR count). The Labute approximate surface area is 118 Å². The molecule has 102 valence electrons. The topological polar surface area (TPSA) is 56.7 Å². The minimum Gasteiger partial charge on any atom is -0.326 e. The van der Waals surface area contributed by atoms with E-state index in [9.17, 15) is 0 Å². The lowest BCUT2D eigenvalue weighted by atomic mass is 10.2. The molecule has 1 atom stereocenters. The van der Waals surface area contributed by atoms with Crippen molar-refractivity contribution in [3.63, 3.8) is 0 Å². The summed E-state index contributed by atoms with van der Waals surface area (Å²) in [5.41, 5.74) is 9.11. The van der Waals surface area contributed by atoms with Crippen LogP contribution in [0.25, 0.3) is 22.6 Å². The average Bonchev–Trinajstić information content (AvgIpc) is 2.87. The lowest BCUT2D eigenvalue weighted by Crippen LogP contribution is -2.25. The molecule has 2 heterocycles. The molecule has 4 heteroatoms. The van der Waals surface area contributed by atoms with Crippen molar-refractivity contribution < 1.29 is 0 Å². The van der Waals surface area contributed by atoms with Gasteiger partial charge in [0.1, 0.15) is 5.69 Å². The van der Waals surface area contributed by atoms with E-state index in [0.717, 1.165) is 35.5 Å². The molecule has 0 spiro atoms. The summed E-state index contributed by atoms with van der Waals surface area (Å²) in [5, 5.41) is 0. The van der Waals surface area contributed by atoms with Crippen molar-refractivity contribution >= 4 is 11.0 Å². The Kier molecular flexibility index (Phi) is 3.48.